The van der Waals surface area contributed by atoms with Crippen molar-refractivity contribution >= 4 is 14.1 Å². The minimum Gasteiger partial charge on any atom is -0.326 e. The molecule has 0 aromatic rings. The van der Waals surface area contributed by atoms with Gasteiger partial charge in [-0.05, 0) is 6.92 Å². The molecule has 7 heavy (non-hydrogen) atoms. The molecular formula is C3H7O3P. The van der Waals surface area contributed by atoms with E-state index in [1.807, 2.05) is 0 Å². The van der Waals surface area contributed by atoms with Crippen molar-refractivity contribution in [2.24, 2.45) is 0 Å². The van der Waals surface area contributed by atoms with Crippen LogP contribution in [0.1, 0.15) is 6.92 Å². The topological polar surface area (TPSA) is 43.4 Å². The highest BCUT2D eigenvalue weighted by molar-refractivity contribution is 7.56. The van der Waals surface area contributed by atoms with Gasteiger partial charge in [0.25, 0.3) is 8.03 Å². The van der Waals surface area contributed by atoms with E-state index in [9.17, 15) is 9.36 Å². The summed E-state index contributed by atoms with van der Waals surface area (Å²) in [6, 6.07) is 0.328. The molecule has 0 spiro atoms. The van der Waals surface area contributed by atoms with Gasteiger partial charge in [-0.3, -0.25) is 9.36 Å². The molecule has 4 heteroatoms. The summed E-state index contributed by atoms with van der Waals surface area (Å²) in [6.45, 7) is 2.03. The van der Waals surface area contributed by atoms with E-state index in [0.29, 0.717) is 12.6 Å². The first kappa shape index (κ1) is 6.86. The smallest absolute Gasteiger partial charge is 0.252 e. The van der Waals surface area contributed by atoms with Gasteiger partial charge in [-0.25, -0.2) is 0 Å². The summed E-state index contributed by atoms with van der Waals surface area (Å²) in [5.41, 5.74) is 0. The monoisotopic (exact) mass is 122 g/mol. The van der Waals surface area contributed by atoms with Crippen LogP contribution in [0.15, 0.2) is 0 Å². The Morgan fingerprint density at radius 1 is 1.86 bits per heavy atom. The molecule has 0 aliphatic carbocycles. The molecule has 0 aliphatic rings. The molecule has 0 amide bonds. The molecule has 1 unspecified atom stereocenters. The second kappa shape index (κ2) is 4.03. The predicted octanol–water partition coefficient (Wildman–Crippen LogP) is 0.688. The summed E-state index contributed by atoms with van der Waals surface area (Å²) < 4.78 is 14.4. The standard InChI is InChI=1S/C3H7O3P/c1-2-6-7(5)3-4/h3,7H,2H2,1H3. The maximum absolute atomic E-state index is 10.0. The van der Waals surface area contributed by atoms with Gasteiger partial charge in [0.2, 0.25) is 6.03 Å². The fourth-order valence-corrected chi connectivity index (χ4v) is 0.529. The van der Waals surface area contributed by atoms with Gasteiger partial charge in [0.1, 0.15) is 0 Å². The van der Waals surface area contributed by atoms with E-state index < -0.39 is 8.03 Å². The van der Waals surface area contributed by atoms with Crippen molar-refractivity contribution in [3.63, 3.8) is 0 Å². The Morgan fingerprint density at radius 3 is 2.57 bits per heavy atom. The van der Waals surface area contributed by atoms with E-state index in [-0.39, 0.29) is 0 Å². The van der Waals surface area contributed by atoms with E-state index in [0.717, 1.165) is 0 Å². The number of carbonyl (C=O) groups is 1. The van der Waals surface area contributed by atoms with Crippen molar-refractivity contribution < 1.29 is 13.9 Å². The van der Waals surface area contributed by atoms with E-state index >= 15 is 0 Å². The van der Waals surface area contributed by atoms with Gasteiger partial charge in [-0.2, -0.15) is 0 Å². The normalized spacial score (nSPS) is 13.3. The molecule has 0 rings (SSSR count). The molecule has 0 fully saturated rings. The van der Waals surface area contributed by atoms with Crippen LogP contribution >= 0.6 is 8.03 Å². The van der Waals surface area contributed by atoms with Gasteiger partial charge in [0.15, 0.2) is 0 Å². The molecule has 0 aromatic heterocycles. The van der Waals surface area contributed by atoms with Crippen molar-refractivity contribution in [2.75, 3.05) is 6.61 Å². The Morgan fingerprint density at radius 2 is 2.43 bits per heavy atom. The highest BCUT2D eigenvalue weighted by Gasteiger charge is 1.88. The van der Waals surface area contributed by atoms with Gasteiger partial charge in [0, 0.05) is 0 Å². The molecule has 0 saturated carbocycles. The minimum absolute atomic E-state index is 0.328. The molecule has 42 valence electrons. The van der Waals surface area contributed by atoms with Crippen molar-refractivity contribution in [2.45, 2.75) is 6.92 Å². The van der Waals surface area contributed by atoms with Crippen LogP contribution in [0.5, 0.6) is 0 Å². The van der Waals surface area contributed by atoms with Gasteiger partial charge >= 0.3 is 0 Å². The summed E-state index contributed by atoms with van der Waals surface area (Å²) in [5, 5.41) is 0. The molecule has 0 N–H and O–H groups in total. The number of hydrogen-bond donors (Lipinski definition) is 0. The molecule has 0 aromatic carbocycles. The van der Waals surface area contributed by atoms with Crippen LogP contribution in [0.25, 0.3) is 0 Å². The van der Waals surface area contributed by atoms with Crippen LogP contribution in [0.4, 0.5) is 0 Å². The highest BCUT2D eigenvalue weighted by Crippen LogP contribution is 2.14. The molecule has 3 nitrogen and oxygen atoms in total. The molecule has 0 aliphatic heterocycles. The molecular weight excluding hydrogens is 115 g/mol. The van der Waals surface area contributed by atoms with Crippen molar-refractivity contribution in [3.05, 3.63) is 0 Å². The van der Waals surface area contributed by atoms with Crippen LogP contribution < -0.4 is 0 Å². The predicted molar refractivity (Wildman–Crippen MR) is 27.4 cm³/mol. The fourth-order valence-electron chi connectivity index (χ4n) is 0.176. The summed E-state index contributed by atoms with van der Waals surface area (Å²) in [7, 11) is -2.31. The average molecular weight is 122 g/mol. The molecule has 0 bridgehead atoms. The third kappa shape index (κ3) is 3.70. The van der Waals surface area contributed by atoms with Crippen molar-refractivity contribution in [3.8, 4) is 0 Å². The van der Waals surface area contributed by atoms with Crippen LogP contribution in [0.2, 0.25) is 0 Å². The van der Waals surface area contributed by atoms with E-state index in [1.54, 1.807) is 6.92 Å². The maximum Gasteiger partial charge on any atom is 0.252 e. The number of hydrogen-bond acceptors (Lipinski definition) is 3. The number of carbonyl (C=O) groups excluding carboxylic acids is 1. The number of rotatable bonds is 3. The lowest BCUT2D eigenvalue weighted by Gasteiger charge is -1.87. The lowest BCUT2D eigenvalue weighted by atomic mass is 10.9. The third-order valence-corrected chi connectivity index (χ3v) is 1.15. The van der Waals surface area contributed by atoms with Crippen LogP contribution in [0, 0.1) is 0 Å². The van der Waals surface area contributed by atoms with Crippen molar-refractivity contribution in [1.29, 1.82) is 0 Å². The summed E-state index contributed by atoms with van der Waals surface area (Å²) in [6.07, 6.45) is 0. The zero-order valence-corrected chi connectivity index (χ0v) is 5.01. The van der Waals surface area contributed by atoms with Crippen LogP contribution in [0.3, 0.4) is 0 Å². The lowest BCUT2D eigenvalue weighted by molar-refractivity contribution is 0.357. The zero-order chi connectivity index (χ0) is 5.70. The Balaban J connectivity index is 3.17. The third-order valence-electron chi connectivity index (χ3n) is 0.383. The fraction of sp³-hybridized carbons (Fsp3) is 0.667. The van der Waals surface area contributed by atoms with Gasteiger partial charge < -0.3 is 4.52 Å². The van der Waals surface area contributed by atoms with Gasteiger partial charge in [-0.15, -0.1) is 0 Å². The van der Waals surface area contributed by atoms with E-state index in [4.69, 9.17) is 0 Å². The Kier molecular flexibility index (Phi) is 3.95. The first-order valence-electron chi connectivity index (χ1n) is 1.93. The highest BCUT2D eigenvalue weighted by atomic mass is 31.1. The second-order valence-electron chi connectivity index (χ2n) is 0.870. The molecule has 1 atom stereocenters. The van der Waals surface area contributed by atoms with E-state index in [2.05, 4.69) is 4.52 Å². The largest absolute Gasteiger partial charge is 0.326 e. The quantitative estimate of drug-likeness (QED) is 0.408. The Bertz CT molecular complexity index is 80.2. The van der Waals surface area contributed by atoms with Gasteiger partial charge in [0.05, 0.1) is 6.61 Å². The lowest BCUT2D eigenvalue weighted by Crippen LogP contribution is -1.75. The average Bonchev–Trinajstić information content (AvgIpc) is 1.68. The molecule has 0 saturated heterocycles. The van der Waals surface area contributed by atoms with Crippen LogP contribution in [-0.4, -0.2) is 12.6 Å². The summed E-state index contributed by atoms with van der Waals surface area (Å²) >= 11 is 0. The SMILES string of the molecule is CCO[PH](=O)C=O. The summed E-state index contributed by atoms with van der Waals surface area (Å²) in [5.74, 6) is 0. The van der Waals surface area contributed by atoms with Gasteiger partial charge in [-0.1, -0.05) is 0 Å². The molecule has 0 heterocycles. The Labute approximate surface area is 42.5 Å². The first-order chi connectivity index (χ1) is 3.31. The second-order valence-corrected chi connectivity index (χ2v) is 2.03. The maximum atomic E-state index is 10.0. The Hall–Kier alpha value is -0.140. The molecule has 0 radical (unpaired) electrons. The van der Waals surface area contributed by atoms with Crippen LogP contribution in [-0.2, 0) is 13.9 Å². The summed E-state index contributed by atoms with van der Waals surface area (Å²) in [4.78, 5) is 9.50. The van der Waals surface area contributed by atoms with Crippen molar-refractivity contribution in [1.82, 2.24) is 0 Å². The minimum atomic E-state index is -2.31. The van der Waals surface area contributed by atoms with E-state index in [1.165, 1.54) is 0 Å². The first-order valence-corrected chi connectivity index (χ1v) is 3.32. The zero-order valence-electron chi connectivity index (χ0n) is 4.01.